The van der Waals surface area contributed by atoms with Gasteiger partial charge >= 0.3 is 5.97 Å². The number of benzene rings is 3. The van der Waals surface area contributed by atoms with E-state index in [1.807, 2.05) is 78.9 Å². The Morgan fingerprint density at radius 2 is 1.40 bits per heavy atom. The van der Waals surface area contributed by atoms with Crippen molar-refractivity contribution in [2.75, 3.05) is 0 Å². The molecule has 5 nitrogen and oxygen atoms in total. The molecule has 4 rings (SSSR count). The molecule has 1 atom stereocenters. The highest BCUT2D eigenvalue weighted by Crippen LogP contribution is 2.23. The van der Waals surface area contributed by atoms with Gasteiger partial charge in [0.05, 0.1) is 6.04 Å². The molecule has 5 heteroatoms. The molecule has 0 spiro atoms. The Labute approximate surface area is 174 Å². The molecule has 150 valence electrons. The van der Waals surface area contributed by atoms with Crippen molar-refractivity contribution in [1.29, 1.82) is 0 Å². The lowest BCUT2D eigenvalue weighted by Gasteiger charge is -2.22. The summed E-state index contributed by atoms with van der Waals surface area (Å²) in [5.74, 6) is -1.000. The summed E-state index contributed by atoms with van der Waals surface area (Å²) < 4.78 is 10.9. The van der Waals surface area contributed by atoms with Crippen LogP contribution < -0.4 is 5.32 Å². The summed E-state index contributed by atoms with van der Waals surface area (Å²) in [6.07, 6.45) is -0.986. The van der Waals surface area contributed by atoms with Crippen LogP contribution in [0.5, 0.6) is 0 Å². The Kier molecular flexibility index (Phi) is 5.61. The Morgan fingerprint density at radius 1 is 0.833 bits per heavy atom. The van der Waals surface area contributed by atoms with E-state index in [9.17, 15) is 9.59 Å². The fourth-order valence-corrected chi connectivity index (χ4v) is 3.26. The number of hydrogen-bond donors (Lipinski definition) is 1. The maximum atomic E-state index is 12.8. The Balaban J connectivity index is 1.48. The van der Waals surface area contributed by atoms with Gasteiger partial charge in [0.1, 0.15) is 5.58 Å². The molecule has 1 N–H and O–H groups in total. The van der Waals surface area contributed by atoms with E-state index in [1.165, 1.54) is 0 Å². The van der Waals surface area contributed by atoms with Gasteiger partial charge in [0, 0.05) is 5.39 Å². The number of para-hydroxylation sites is 1. The van der Waals surface area contributed by atoms with Crippen molar-refractivity contribution in [3.63, 3.8) is 0 Å². The van der Waals surface area contributed by atoms with Gasteiger partial charge in [-0.15, -0.1) is 0 Å². The zero-order chi connectivity index (χ0) is 20.9. The highest BCUT2D eigenvalue weighted by Gasteiger charge is 2.25. The van der Waals surface area contributed by atoms with Gasteiger partial charge in [0.25, 0.3) is 5.91 Å². The maximum absolute atomic E-state index is 12.8. The van der Waals surface area contributed by atoms with Crippen LogP contribution in [0.15, 0.2) is 95.4 Å². The van der Waals surface area contributed by atoms with E-state index >= 15 is 0 Å². The lowest BCUT2D eigenvalue weighted by atomic mass is 9.98. The number of nitrogens with one attached hydrogen (secondary N) is 1. The molecule has 0 unspecified atom stereocenters. The summed E-state index contributed by atoms with van der Waals surface area (Å²) in [5.41, 5.74) is 2.47. The van der Waals surface area contributed by atoms with E-state index in [-0.39, 0.29) is 11.8 Å². The molecular formula is C25H21NO4. The van der Waals surface area contributed by atoms with Gasteiger partial charge in [-0.2, -0.15) is 0 Å². The first-order chi connectivity index (χ1) is 14.6. The summed E-state index contributed by atoms with van der Waals surface area (Å²) in [4.78, 5) is 25.3. The zero-order valence-electron chi connectivity index (χ0n) is 16.4. The second-order valence-corrected chi connectivity index (χ2v) is 6.96. The van der Waals surface area contributed by atoms with Crippen LogP contribution >= 0.6 is 0 Å². The minimum atomic E-state index is -0.986. The smallest absolute Gasteiger partial charge is 0.375 e. The molecule has 0 aliphatic carbocycles. The van der Waals surface area contributed by atoms with E-state index in [0.717, 1.165) is 16.5 Å². The molecule has 1 aromatic heterocycles. The average molecular weight is 399 g/mol. The first kappa shape index (κ1) is 19.5. The number of rotatable bonds is 6. The Hall–Kier alpha value is -3.86. The number of furan rings is 1. The normalized spacial score (nSPS) is 11.9. The zero-order valence-corrected chi connectivity index (χ0v) is 16.4. The number of carbonyl (C=O) groups is 2. The lowest BCUT2D eigenvalue weighted by molar-refractivity contribution is -0.129. The Morgan fingerprint density at radius 3 is 2.00 bits per heavy atom. The summed E-state index contributed by atoms with van der Waals surface area (Å²) in [7, 11) is 0. The molecule has 4 aromatic rings. The number of carbonyl (C=O) groups excluding carboxylic acids is 2. The number of amides is 1. The molecule has 0 radical (unpaired) electrons. The van der Waals surface area contributed by atoms with Crippen molar-refractivity contribution < 1.29 is 18.7 Å². The van der Waals surface area contributed by atoms with E-state index in [2.05, 4.69) is 5.32 Å². The van der Waals surface area contributed by atoms with Crippen molar-refractivity contribution in [2.45, 2.75) is 19.1 Å². The van der Waals surface area contributed by atoms with Crippen molar-refractivity contribution in [3.05, 3.63) is 108 Å². The van der Waals surface area contributed by atoms with Gasteiger partial charge in [-0.05, 0) is 30.2 Å². The second kappa shape index (κ2) is 8.66. The first-order valence-electron chi connectivity index (χ1n) is 9.71. The quantitative estimate of drug-likeness (QED) is 0.469. The van der Waals surface area contributed by atoms with Gasteiger partial charge < -0.3 is 14.5 Å². The molecule has 0 aliphatic rings. The number of ether oxygens (including phenoxy) is 1. The van der Waals surface area contributed by atoms with Gasteiger partial charge in [-0.25, -0.2) is 4.79 Å². The Bertz CT molecular complexity index is 1080. The molecule has 1 amide bonds. The molecule has 0 saturated carbocycles. The molecule has 3 aromatic carbocycles. The third kappa shape index (κ3) is 4.25. The van der Waals surface area contributed by atoms with Crippen LogP contribution in [-0.2, 0) is 9.53 Å². The fourth-order valence-electron chi connectivity index (χ4n) is 3.26. The topological polar surface area (TPSA) is 68.5 Å². The molecule has 30 heavy (non-hydrogen) atoms. The van der Waals surface area contributed by atoms with Crippen LogP contribution in [0.4, 0.5) is 0 Å². The minimum absolute atomic E-state index is 0.0681. The third-order valence-corrected chi connectivity index (χ3v) is 4.83. The second-order valence-electron chi connectivity index (χ2n) is 6.96. The molecule has 0 fully saturated rings. The summed E-state index contributed by atoms with van der Waals surface area (Å²) in [6, 6.07) is 27.9. The van der Waals surface area contributed by atoms with Crippen LogP contribution in [0.1, 0.15) is 34.6 Å². The molecule has 0 aliphatic heterocycles. The van der Waals surface area contributed by atoms with E-state index in [4.69, 9.17) is 9.15 Å². The molecule has 1 heterocycles. The highest BCUT2D eigenvalue weighted by atomic mass is 16.6. The summed E-state index contributed by atoms with van der Waals surface area (Å²) >= 11 is 0. The number of esters is 1. The van der Waals surface area contributed by atoms with Crippen molar-refractivity contribution in [3.8, 4) is 0 Å². The molecule has 0 saturated heterocycles. The van der Waals surface area contributed by atoms with E-state index < -0.39 is 18.0 Å². The average Bonchev–Trinajstić information content (AvgIpc) is 3.23. The van der Waals surface area contributed by atoms with Gasteiger partial charge in [0.15, 0.2) is 6.10 Å². The number of fused-ring (bicyclic) bond motifs is 1. The number of hydrogen-bond acceptors (Lipinski definition) is 4. The minimum Gasteiger partial charge on any atom is -0.449 e. The highest BCUT2D eigenvalue weighted by molar-refractivity contribution is 5.94. The predicted molar refractivity (Wildman–Crippen MR) is 114 cm³/mol. The summed E-state index contributed by atoms with van der Waals surface area (Å²) in [6.45, 7) is 1.54. The predicted octanol–water partition coefficient (Wildman–Crippen LogP) is 4.88. The molecule has 0 bridgehead atoms. The van der Waals surface area contributed by atoms with Crippen molar-refractivity contribution >= 4 is 22.8 Å². The lowest BCUT2D eigenvalue weighted by Crippen LogP contribution is -2.38. The first-order valence-corrected chi connectivity index (χ1v) is 9.71. The van der Waals surface area contributed by atoms with Gasteiger partial charge in [-0.3, -0.25) is 4.79 Å². The molecular weight excluding hydrogens is 378 g/mol. The standard InChI is InChI=1S/C25H21NO4/c1-17(29-25(28)22-16-20-14-8-9-15-21(20)30-22)24(27)26-23(18-10-4-2-5-11-18)19-12-6-3-7-13-19/h2-17,23H,1H3,(H,26,27)/t17-/m0/s1. The summed E-state index contributed by atoms with van der Waals surface area (Å²) in [5, 5.41) is 3.79. The van der Waals surface area contributed by atoms with Crippen LogP contribution in [0.3, 0.4) is 0 Å². The van der Waals surface area contributed by atoms with Gasteiger partial charge in [-0.1, -0.05) is 78.9 Å². The SMILES string of the molecule is C[C@H](OC(=O)c1cc2ccccc2o1)C(=O)NC(c1ccccc1)c1ccccc1. The van der Waals surface area contributed by atoms with Crippen LogP contribution in [-0.4, -0.2) is 18.0 Å². The van der Waals surface area contributed by atoms with E-state index in [0.29, 0.717) is 5.58 Å². The maximum Gasteiger partial charge on any atom is 0.375 e. The third-order valence-electron chi connectivity index (χ3n) is 4.83. The van der Waals surface area contributed by atoms with Crippen LogP contribution in [0, 0.1) is 0 Å². The van der Waals surface area contributed by atoms with E-state index in [1.54, 1.807) is 19.1 Å². The van der Waals surface area contributed by atoms with Crippen molar-refractivity contribution in [1.82, 2.24) is 5.32 Å². The van der Waals surface area contributed by atoms with Crippen LogP contribution in [0.2, 0.25) is 0 Å². The van der Waals surface area contributed by atoms with Crippen LogP contribution in [0.25, 0.3) is 11.0 Å². The monoisotopic (exact) mass is 399 g/mol. The van der Waals surface area contributed by atoms with Crippen molar-refractivity contribution in [2.24, 2.45) is 0 Å². The fraction of sp³-hybridized carbons (Fsp3) is 0.120. The largest absolute Gasteiger partial charge is 0.449 e. The van der Waals surface area contributed by atoms with Gasteiger partial charge in [0.2, 0.25) is 5.76 Å².